The molecule has 0 bridgehead atoms. The van der Waals surface area contributed by atoms with E-state index < -0.39 is 5.82 Å². The Morgan fingerprint density at radius 2 is 2.16 bits per heavy atom. The third kappa shape index (κ3) is 2.81. The van der Waals surface area contributed by atoms with Crippen LogP contribution in [0.15, 0.2) is 24.3 Å². The lowest BCUT2D eigenvalue weighted by atomic mass is 10.0. The molecule has 0 aliphatic heterocycles. The van der Waals surface area contributed by atoms with E-state index in [9.17, 15) is 9.18 Å². The highest BCUT2D eigenvalue weighted by atomic mass is 19.1. The van der Waals surface area contributed by atoms with Gasteiger partial charge in [-0.1, -0.05) is 6.92 Å². The van der Waals surface area contributed by atoms with Gasteiger partial charge in [0, 0.05) is 24.0 Å². The smallest absolute Gasteiger partial charge is 0.170 e. The number of carbonyl (C=O) groups is 1. The number of hydrogen-bond acceptors (Lipinski definition) is 3. The van der Waals surface area contributed by atoms with Crippen LogP contribution in [0.4, 0.5) is 10.1 Å². The SMILES string of the molecule is CCc1cc(CC(=O)c2cc(F)ccc2N)n(C)n1. The molecule has 0 fully saturated rings. The van der Waals surface area contributed by atoms with E-state index in [-0.39, 0.29) is 17.8 Å². The Morgan fingerprint density at radius 1 is 1.42 bits per heavy atom. The molecule has 4 nitrogen and oxygen atoms in total. The van der Waals surface area contributed by atoms with Gasteiger partial charge in [0.05, 0.1) is 12.1 Å². The van der Waals surface area contributed by atoms with Gasteiger partial charge in [-0.25, -0.2) is 4.39 Å². The zero-order valence-electron chi connectivity index (χ0n) is 11.0. The Kier molecular flexibility index (Phi) is 3.64. The van der Waals surface area contributed by atoms with Crippen molar-refractivity contribution >= 4 is 11.5 Å². The maximum Gasteiger partial charge on any atom is 0.170 e. The van der Waals surface area contributed by atoms with E-state index in [1.165, 1.54) is 18.2 Å². The largest absolute Gasteiger partial charge is 0.398 e. The maximum atomic E-state index is 13.2. The topological polar surface area (TPSA) is 60.9 Å². The predicted molar refractivity (Wildman–Crippen MR) is 71.4 cm³/mol. The van der Waals surface area contributed by atoms with Crippen molar-refractivity contribution in [2.75, 3.05) is 5.73 Å². The van der Waals surface area contributed by atoms with Crippen LogP contribution in [0.2, 0.25) is 0 Å². The molecule has 0 amide bonds. The van der Waals surface area contributed by atoms with Gasteiger partial charge in [0.1, 0.15) is 5.82 Å². The summed E-state index contributed by atoms with van der Waals surface area (Å²) in [6.45, 7) is 2.00. The first-order valence-electron chi connectivity index (χ1n) is 6.11. The summed E-state index contributed by atoms with van der Waals surface area (Å²) in [4.78, 5) is 12.1. The van der Waals surface area contributed by atoms with E-state index in [0.29, 0.717) is 5.69 Å². The van der Waals surface area contributed by atoms with Crippen LogP contribution in [0.5, 0.6) is 0 Å². The number of hydrogen-bond donors (Lipinski definition) is 1. The molecule has 0 radical (unpaired) electrons. The Bertz CT molecular complexity index is 619. The van der Waals surface area contributed by atoms with Crippen molar-refractivity contribution in [1.82, 2.24) is 9.78 Å². The van der Waals surface area contributed by atoms with Crippen molar-refractivity contribution in [3.05, 3.63) is 47.0 Å². The second-order valence-electron chi connectivity index (χ2n) is 4.44. The van der Waals surface area contributed by atoms with Crippen LogP contribution in [0.3, 0.4) is 0 Å². The molecule has 0 saturated carbocycles. The molecule has 2 N–H and O–H groups in total. The molecule has 0 unspecified atom stereocenters. The minimum atomic E-state index is -0.461. The van der Waals surface area contributed by atoms with E-state index in [0.717, 1.165) is 17.8 Å². The summed E-state index contributed by atoms with van der Waals surface area (Å²) in [5, 5.41) is 4.27. The van der Waals surface area contributed by atoms with Gasteiger partial charge in [-0.3, -0.25) is 9.48 Å². The van der Waals surface area contributed by atoms with Crippen LogP contribution in [0, 0.1) is 5.82 Å². The summed E-state index contributed by atoms with van der Waals surface area (Å²) in [7, 11) is 1.79. The molecule has 2 rings (SSSR count). The summed E-state index contributed by atoms with van der Waals surface area (Å²) in [5.41, 5.74) is 7.95. The average molecular weight is 261 g/mol. The van der Waals surface area contributed by atoms with Crippen LogP contribution in [0.1, 0.15) is 28.7 Å². The van der Waals surface area contributed by atoms with Gasteiger partial charge in [-0.05, 0) is 30.7 Å². The Balaban J connectivity index is 2.25. The number of rotatable bonds is 4. The monoisotopic (exact) mass is 261 g/mol. The quantitative estimate of drug-likeness (QED) is 0.677. The molecule has 1 aromatic heterocycles. The minimum Gasteiger partial charge on any atom is -0.398 e. The number of ketones is 1. The molecule has 0 atom stereocenters. The number of benzene rings is 1. The summed E-state index contributed by atoms with van der Waals surface area (Å²) in [6, 6.07) is 5.71. The van der Waals surface area contributed by atoms with Crippen LogP contribution in [-0.4, -0.2) is 15.6 Å². The van der Waals surface area contributed by atoms with E-state index in [1.807, 2.05) is 13.0 Å². The van der Waals surface area contributed by atoms with Crippen molar-refractivity contribution in [2.24, 2.45) is 7.05 Å². The van der Waals surface area contributed by atoms with Gasteiger partial charge in [0.15, 0.2) is 5.78 Å². The molecule has 5 heteroatoms. The van der Waals surface area contributed by atoms with E-state index in [2.05, 4.69) is 5.10 Å². The van der Waals surface area contributed by atoms with Crippen LogP contribution >= 0.6 is 0 Å². The molecule has 1 heterocycles. The fourth-order valence-corrected chi connectivity index (χ4v) is 1.94. The molecule has 19 heavy (non-hydrogen) atoms. The standard InChI is InChI=1S/C14H16FN3O/c1-3-10-7-11(18(2)17-10)8-14(19)12-6-9(15)4-5-13(12)16/h4-7H,3,8,16H2,1-2H3. The molecular formula is C14H16FN3O. The number of anilines is 1. The van der Waals surface area contributed by atoms with E-state index in [4.69, 9.17) is 5.73 Å². The number of nitrogens with two attached hydrogens (primary N) is 1. The van der Waals surface area contributed by atoms with Gasteiger partial charge >= 0.3 is 0 Å². The number of Topliss-reactive ketones (excluding diaryl/α,β-unsaturated/α-hetero) is 1. The first-order chi connectivity index (χ1) is 9.01. The first kappa shape index (κ1) is 13.3. The zero-order chi connectivity index (χ0) is 14.0. The lowest BCUT2D eigenvalue weighted by Gasteiger charge is -2.05. The third-order valence-corrected chi connectivity index (χ3v) is 3.05. The maximum absolute atomic E-state index is 13.2. The number of halogens is 1. The summed E-state index contributed by atoms with van der Waals surface area (Å²) in [6.07, 6.45) is 0.973. The molecular weight excluding hydrogens is 245 g/mol. The Morgan fingerprint density at radius 3 is 2.79 bits per heavy atom. The van der Waals surface area contributed by atoms with Crippen molar-refractivity contribution < 1.29 is 9.18 Å². The molecule has 0 aliphatic rings. The normalized spacial score (nSPS) is 10.7. The molecule has 100 valence electrons. The Labute approximate surface area is 111 Å². The molecule has 0 aliphatic carbocycles. The number of nitrogen functional groups attached to an aromatic ring is 1. The Hall–Kier alpha value is -2.17. The van der Waals surface area contributed by atoms with Gasteiger partial charge in [0.25, 0.3) is 0 Å². The van der Waals surface area contributed by atoms with Crippen LogP contribution in [-0.2, 0) is 19.9 Å². The number of aromatic nitrogens is 2. The van der Waals surface area contributed by atoms with E-state index in [1.54, 1.807) is 11.7 Å². The second-order valence-corrected chi connectivity index (χ2v) is 4.44. The lowest BCUT2D eigenvalue weighted by Crippen LogP contribution is -2.10. The third-order valence-electron chi connectivity index (χ3n) is 3.05. The van der Waals surface area contributed by atoms with Gasteiger partial charge < -0.3 is 5.73 Å². The number of aryl methyl sites for hydroxylation is 2. The summed E-state index contributed by atoms with van der Waals surface area (Å²) >= 11 is 0. The fourth-order valence-electron chi connectivity index (χ4n) is 1.94. The highest BCUT2D eigenvalue weighted by molar-refractivity contribution is 6.01. The van der Waals surface area contributed by atoms with Crippen molar-refractivity contribution in [3.8, 4) is 0 Å². The molecule has 2 aromatic rings. The zero-order valence-corrected chi connectivity index (χ0v) is 11.0. The highest BCUT2D eigenvalue weighted by Gasteiger charge is 2.14. The predicted octanol–water partition coefficient (Wildman–Crippen LogP) is 2.13. The number of nitrogens with zero attached hydrogens (tertiary/aromatic N) is 2. The van der Waals surface area contributed by atoms with Crippen LogP contribution in [0.25, 0.3) is 0 Å². The van der Waals surface area contributed by atoms with Crippen molar-refractivity contribution in [2.45, 2.75) is 19.8 Å². The van der Waals surface area contributed by atoms with Crippen molar-refractivity contribution in [1.29, 1.82) is 0 Å². The fraction of sp³-hybridized carbons (Fsp3) is 0.286. The lowest BCUT2D eigenvalue weighted by molar-refractivity contribution is 0.0991. The molecule has 0 spiro atoms. The minimum absolute atomic E-state index is 0.164. The highest BCUT2D eigenvalue weighted by Crippen LogP contribution is 2.16. The second kappa shape index (κ2) is 5.22. The van der Waals surface area contributed by atoms with Crippen LogP contribution < -0.4 is 5.73 Å². The van der Waals surface area contributed by atoms with Crippen molar-refractivity contribution in [3.63, 3.8) is 0 Å². The first-order valence-corrected chi connectivity index (χ1v) is 6.11. The summed E-state index contributed by atoms with van der Waals surface area (Å²) < 4.78 is 14.8. The molecule has 0 saturated heterocycles. The van der Waals surface area contributed by atoms with Gasteiger partial charge in [-0.2, -0.15) is 5.10 Å². The molecule has 1 aromatic carbocycles. The summed E-state index contributed by atoms with van der Waals surface area (Å²) in [5.74, 6) is -0.667. The van der Waals surface area contributed by atoms with E-state index >= 15 is 0 Å². The van der Waals surface area contributed by atoms with Gasteiger partial charge in [-0.15, -0.1) is 0 Å². The van der Waals surface area contributed by atoms with Gasteiger partial charge in [0.2, 0.25) is 0 Å². The average Bonchev–Trinajstić information content (AvgIpc) is 2.73. The number of carbonyl (C=O) groups excluding carboxylic acids is 1.